The largest absolute Gasteiger partial charge is 0.482 e. The first-order valence-electron chi connectivity index (χ1n) is 5.83. The van der Waals surface area contributed by atoms with Gasteiger partial charge in [-0.05, 0) is 27.0 Å². The van der Waals surface area contributed by atoms with Crippen LogP contribution < -0.4 is 10.1 Å². The minimum Gasteiger partial charge on any atom is -0.482 e. The molecule has 0 aliphatic heterocycles. The summed E-state index contributed by atoms with van der Waals surface area (Å²) in [5, 5.41) is 2.95. The minimum absolute atomic E-state index is 0.0795. The molecule has 0 amide bonds. The SMILES string of the molecule is CCOC(=O)COc1ccc(C(C)NC)c(F)c1. The van der Waals surface area contributed by atoms with E-state index in [1.165, 1.54) is 6.07 Å². The second-order valence-electron chi connectivity index (χ2n) is 3.79. The molecule has 1 aromatic rings. The summed E-state index contributed by atoms with van der Waals surface area (Å²) < 4.78 is 23.6. The average molecular weight is 255 g/mol. The molecule has 4 nitrogen and oxygen atoms in total. The summed E-state index contributed by atoms with van der Waals surface area (Å²) in [7, 11) is 1.76. The van der Waals surface area contributed by atoms with E-state index in [4.69, 9.17) is 9.47 Å². The summed E-state index contributed by atoms with van der Waals surface area (Å²) in [6.45, 7) is 3.66. The first kappa shape index (κ1) is 14.4. The number of nitrogens with one attached hydrogen (secondary N) is 1. The number of carbonyl (C=O) groups is 1. The van der Waals surface area contributed by atoms with Crippen molar-refractivity contribution in [1.82, 2.24) is 5.32 Å². The van der Waals surface area contributed by atoms with E-state index in [0.717, 1.165) is 0 Å². The van der Waals surface area contributed by atoms with Gasteiger partial charge in [0, 0.05) is 17.7 Å². The maximum atomic E-state index is 13.7. The number of hydrogen-bond donors (Lipinski definition) is 1. The highest BCUT2D eigenvalue weighted by atomic mass is 19.1. The first-order chi connectivity index (χ1) is 8.58. The highest BCUT2D eigenvalue weighted by Crippen LogP contribution is 2.21. The molecule has 100 valence electrons. The van der Waals surface area contributed by atoms with Crippen molar-refractivity contribution >= 4 is 5.97 Å². The van der Waals surface area contributed by atoms with Crippen LogP contribution in [0.4, 0.5) is 4.39 Å². The number of hydrogen-bond acceptors (Lipinski definition) is 4. The Labute approximate surface area is 106 Å². The lowest BCUT2D eigenvalue weighted by Crippen LogP contribution is -2.16. The molecule has 5 heteroatoms. The summed E-state index contributed by atoms with van der Waals surface area (Å²) in [6.07, 6.45) is 0. The Morgan fingerprint density at radius 2 is 2.22 bits per heavy atom. The van der Waals surface area contributed by atoms with Crippen LogP contribution in [-0.4, -0.2) is 26.2 Å². The standard InChI is InChI=1S/C13H18FNO3/c1-4-17-13(16)8-18-10-5-6-11(9(2)15-3)12(14)7-10/h5-7,9,15H,4,8H2,1-3H3. The van der Waals surface area contributed by atoms with Gasteiger partial charge in [-0.1, -0.05) is 6.07 Å². The van der Waals surface area contributed by atoms with Gasteiger partial charge >= 0.3 is 5.97 Å². The summed E-state index contributed by atoms with van der Waals surface area (Å²) in [5.74, 6) is -0.517. The molecule has 1 unspecified atom stereocenters. The van der Waals surface area contributed by atoms with E-state index in [1.807, 2.05) is 6.92 Å². The number of ether oxygens (including phenoxy) is 2. The van der Waals surface area contributed by atoms with Gasteiger partial charge in [0.2, 0.25) is 0 Å². The second-order valence-corrected chi connectivity index (χ2v) is 3.79. The molecule has 0 heterocycles. The lowest BCUT2D eigenvalue weighted by molar-refractivity contribution is -0.145. The van der Waals surface area contributed by atoms with Gasteiger partial charge in [0.15, 0.2) is 6.61 Å². The van der Waals surface area contributed by atoms with Crippen molar-refractivity contribution in [3.63, 3.8) is 0 Å². The van der Waals surface area contributed by atoms with Crippen LogP contribution in [0.2, 0.25) is 0 Å². The van der Waals surface area contributed by atoms with E-state index in [9.17, 15) is 9.18 Å². The maximum absolute atomic E-state index is 13.7. The highest BCUT2D eigenvalue weighted by Gasteiger charge is 2.10. The molecule has 0 saturated heterocycles. The van der Waals surface area contributed by atoms with Crippen molar-refractivity contribution in [3.8, 4) is 5.75 Å². The molecule has 0 saturated carbocycles. The number of rotatable bonds is 6. The van der Waals surface area contributed by atoms with Crippen LogP contribution in [-0.2, 0) is 9.53 Å². The predicted molar refractivity (Wildman–Crippen MR) is 66.0 cm³/mol. The summed E-state index contributed by atoms with van der Waals surface area (Å²) in [5.41, 5.74) is 0.556. The molecule has 0 aromatic heterocycles. The molecule has 0 bridgehead atoms. The molecule has 0 fully saturated rings. The topological polar surface area (TPSA) is 47.6 Å². The molecule has 0 aliphatic rings. The van der Waals surface area contributed by atoms with Gasteiger partial charge in [0.05, 0.1) is 6.61 Å². The zero-order chi connectivity index (χ0) is 13.5. The van der Waals surface area contributed by atoms with Crippen LogP contribution in [0.15, 0.2) is 18.2 Å². The Morgan fingerprint density at radius 3 is 2.78 bits per heavy atom. The molecule has 0 aliphatic carbocycles. The van der Waals surface area contributed by atoms with E-state index in [2.05, 4.69) is 5.32 Å². The Balaban J connectivity index is 2.64. The third kappa shape index (κ3) is 4.00. The number of benzene rings is 1. The molecule has 1 N–H and O–H groups in total. The molecular formula is C13H18FNO3. The molecular weight excluding hydrogens is 237 g/mol. The van der Waals surface area contributed by atoms with Crippen molar-refractivity contribution in [2.45, 2.75) is 19.9 Å². The van der Waals surface area contributed by atoms with Crippen molar-refractivity contribution < 1.29 is 18.7 Å². The van der Waals surface area contributed by atoms with E-state index >= 15 is 0 Å². The summed E-state index contributed by atoms with van der Waals surface area (Å²) >= 11 is 0. The van der Waals surface area contributed by atoms with Crippen LogP contribution in [0.1, 0.15) is 25.5 Å². The fourth-order valence-electron chi connectivity index (χ4n) is 1.45. The monoisotopic (exact) mass is 255 g/mol. The lowest BCUT2D eigenvalue weighted by Gasteiger charge is -2.13. The summed E-state index contributed by atoms with van der Waals surface area (Å²) in [4.78, 5) is 11.1. The highest BCUT2D eigenvalue weighted by molar-refractivity contribution is 5.71. The Bertz CT molecular complexity index is 409. The Hall–Kier alpha value is -1.62. The zero-order valence-electron chi connectivity index (χ0n) is 10.8. The average Bonchev–Trinajstić information content (AvgIpc) is 2.36. The van der Waals surface area contributed by atoms with Gasteiger partial charge in [0.25, 0.3) is 0 Å². The first-order valence-corrected chi connectivity index (χ1v) is 5.83. The van der Waals surface area contributed by atoms with Gasteiger partial charge in [-0.2, -0.15) is 0 Å². The van der Waals surface area contributed by atoms with Gasteiger partial charge in [-0.3, -0.25) is 0 Å². The molecule has 0 spiro atoms. The van der Waals surface area contributed by atoms with E-state index in [-0.39, 0.29) is 18.5 Å². The van der Waals surface area contributed by atoms with E-state index < -0.39 is 5.97 Å². The predicted octanol–water partition coefficient (Wildman–Crippen LogP) is 2.05. The second kappa shape index (κ2) is 6.96. The smallest absolute Gasteiger partial charge is 0.344 e. The molecule has 0 radical (unpaired) electrons. The van der Waals surface area contributed by atoms with Gasteiger partial charge in [0.1, 0.15) is 11.6 Å². The zero-order valence-corrected chi connectivity index (χ0v) is 10.8. The maximum Gasteiger partial charge on any atom is 0.344 e. The van der Waals surface area contributed by atoms with Gasteiger partial charge < -0.3 is 14.8 Å². The summed E-state index contributed by atoms with van der Waals surface area (Å²) in [6, 6.07) is 4.45. The molecule has 18 heavy (non-hydrogen) atoms. The Morgan fingerprint density at radius 1 is 1.50 bits per heavy atom. The quantitative estimate of drug-likeness (QED) is 0.790. The number of esters is 1. The van der Waals surface area contributed by atoms with Crippen molar-refractivity contribution in [1.29, 1.82) is 0 Å². The molecule has 1 rings (SSSR count). The normalized spacial score (nSPS) is 12.0. The Kier molecular flexibility index (Phi) is 5.58. The van der Waals surface area contributed by atoms with Crippen molar-refractivity contribution in [2.75, 3.05) is 20.3 Å². The van der Waals surface area contributed by atoms with Crippen molar-refractivity contribution in [2.24, 2.45) is 0 Å². The molecule has 1 aromatic carbocycles. The van der Waals surface area contributed by atoms with Crippen LogP contribution in [0.3, 0.4) is 0 Å². The number of carbonyl (C=O) groups excluding carboxylic acids is 1. The fourth-order valence-corrected chi connectivity index (χ4v) is 1.45. The van der Waals surface area contributed by atoms with Crippen LogP contribution in [0, 0.1) is 5.82 Å². The van der Waals surface area contributed by atoms with Crippen LogP contribution in [0.5, 0.6) is 5.75 Å². The van der Waals surface area contributed by atoms with Crippen LogP contribution >= 0.6 is 0 Å². The van der Waals surface area contributed by atoms with Crippen molar-refractivity contribution in [3.05, 3.63) is 29.6 Å². The third-order valence-electron chi connectivity index (χ3n) is 2.53. The van der Waals surface area contributed by atoms with E-state index in [0.29, 0.717) is 17.9 Å². The third-order valence-corrected chi connectivity index (χ3v) is 2.53. The molecule has 1 atom stereocenters. The minimum atomic E-state index is -0.467. The van der Waals surface area contributed by atoms with E-state index in [1.54, 1.807) is 26.1 Å². The van der Waals surface area contributed by atoms with Crippen LogP contribution in [0.25, 0.3) is 0 Å². The lowest BCUT2D eigenvalue weighted by atomic mass is 10.1. The van der Waals surface area contributed by atoms with Gasteiger partial charge in [-0.15, -0.1) is 0 Å². The number of halogens is 1. The van der Waals surface area contributed by atoms with Gasteiger partial charge in [-0.25, -0.2) is 9.18 Å². The fraction of sp³-hybridized carbons (Fsp3) is 0.462.